The summed E-state index contributed by atoms with van der Waals surface area (Å²) < 4.78 is 0. The SMILES string of the molecule is Cc1ccccc1C(=O)N[C@H](Cc1ccc(Cl)cc1)C(=O)N1CCN[C@H](Cc2ccc3ccccc3c2)C1. The number of nitrogens with one attached hydrogen (secondary N) is 2. The summed E-state index contributed by atoms with van der Waals surface area (Å²) in [5.74, 6) is -0.301. The Balaban J connectivity index is 1.32. The van der Waals surface area contributed by atoms with Gasteiger partial charge in [0.15, 0.2) is 0 Å². The first-order valence-corrected chi connectivity index (χ1v) is 13.4. The Morgan fingerprint density at radius 2 is 1.66 bits per heavy atom. The summed E-state index contributed by atoms with van der Waals surface area (Å²) in [6.07, 6.45) is 1.22. The molecule has 0 saturated carbocycles. The van der Waals surface area contributed by atoms with Crippen LogP contribution in [-0.4, -0.2) is 48.4 Å². The van der Waals surface area contributed by atoms with Crippen molar-refractivity contribution in [3.63, 3.8) is 0 Å². The second-order valence-corrected chi connectivity index (χ2v) is 10.4. The van der Waals surface area contributed by atoms with Crippen molar-refractivity contribution >= 4 is 34.2 Å². The smallest absolute Gasteiger partial charge is 0.252 e. The molecule has 194 valence electrons. The van der Waals surface area contributed by atoms with Gasteiger partial charge in [0.1, 0.15) is 6.04 Å². The average Bonchev–Trinajstić information content (AvgIpc) is 2.94. The standard InChI is InChI=1S/C32H32ClN3O2/c1-22-6-2-5-9-29(22)31(37)35-30(20-23-11-14-27(33)15-12-23)32(38)36-17-16-34-28(21-36)19-24-10-13-25-7-3-4-8-26(25)18-24/h2-15,18,28,30,34H,16-17,19-21H2,1H3,(H,35,37)/t28-,30-/m1/s1. The first kappa shape index (κ1) is 26.0. The summed E-state index contributed by atoms with van der Waals surface area (Å²) in [5.41, 5.74) is 3.64. The molecule has 0 unspecified atom stereocenters. The van der Waals surface area contributed by atoms with Gasteiger partial charge in [-0.1, -0.05) is 84.4 Å². The van der Waals surface area contributed by atoms with Crippen LogP contribution >= 0.6 is 11.6 Å². The monoisotopic (exact) mass is 525 g/mol. The van der Waals surface area contributed by atoms with Crippen LogP contribution in [0.2, 0.25) is 5.02 Å². The van der Waals surface area contributed by atoms with E-state index in [4.69, 9.17) is 11.6 Å². The number of carbonyl (C=O) groups excluding carboxylic acids is 2. The molecule has 5 rings (SSSR count). The third kappa shape index (κ3) is 6.24. The Bertz CT molecular complexity index is 1440. The number of hydrogen-bond acceptors (Lipinski definition) is 3. The predicted octanol–water partition coefficient (Wildman–Crippen LogP) is 5.19. The van der Waals surface area contributed by atoms with Crippen LogP contribution in [0.25, 0.3) is 10.8 Å². The van der Waals surface area contributed by atoms with Crippen LogP contribution in [0.5, 0.6) is 0 Å². The van der Waals surface area contributed by atoms with Crippen molar-refractivity contribution in [2.75, 3.05) is 19.6 Å². The van der Waals surface area contributed by atoms with Gasteiger partial charge in [0.25, 0.3) is 5.91 Å². The number of benzene rings is 4. The molecule has 4 aromatic rings. The van der Waals surface area contributed by atoms with Gasteiger partial charge >= 0.3 is 0 Å². The van der Waals surface area contributed by atoms with Crippen LogP contribution in [0.15, 0.2) is 91.0 Å². The second-order valence-electron chi connectivity index (χ2n) is 9.99. The molecule has 1 fully saturated rings. The van der Waals surface area contributed by atoms with E-state index in [2.05, 4.69) is 47.0 Å². The van der Waals surface area contributed by atoms with Gasteiger partial charge in [-0.2, -0.15) is 0 Å². The molecule has 2 N–H and O–H groups in total. The average molecular weight is 526 g/mol. The number of fused-ring (bicyclic) bond motifs is 1. The summed E-state index contributed by atoms with van der Waals surface area (Å²) in [6.45, 7) is 3.80. The largest absolute Gasteiger partial charge is 0.340 e. The number of amides is 2. The maximum atomic E-state index is 13.9. The lowest BCUT2D eigenvalue weighted by atomic mass is 9.99. The molecule has 0 spiro atoms. The minimum atomic E-state index is -0.678. The number of halogens is 1. The zero-order valence-electron chi connectivity index (χ0n) is 21.5. The fourth-order valence-electron chi connectivity index (χ4n) is 5.15. The molecule has 0 radical (unpaired) electrons. The molecule has 4 aromatic carbocycles. The van der Waals surface area contributed by atoms with Crippen molar-refractivity contribution in [2.24, 2.45) is 0 Å². The fourth-order valence-corrected chi connectivity index (χ4v) is 5.28. The lowest BCUT2D eigenvalue weighted by Crippen LogP contribution is -2.58. The Kier molecular flexibility index (Phi) is 8.06. The van der Waals surface area contributed by atoms with E-state index in [-0.39, 0.29) is 17.9 Å². The van der Waals surface area contributed by atoms with Crippen LogP contribution in [0.4, 0.5) is 0 Å². The van der Waals surface area contributed by atoms with E-state index in [1.54, 1.807) is 6.07 Å². The summed E-state index contributed by atoms with van der Waals surface area (Å²) in [7, 11) is 0. The minimum absolute atomic E-state index is 0.0631. The number of piperazine rings is 1. The molecule has 0 aliphatic carbocycles. The van der Waals surface area contributed by atoms with Crippen LogP contribution in [0, 0.1) is 6.92 Å². The van der Waals surface area contributed by atoms with Gasteiger partial charge in [0.2, 0.25) is 5.91 Å². The Hall–Kier alpha value is -3.67. The summed E-state index contributed by atoms with van der Waals surface area (Å²) in [5, 5.41) is 9.69. The Morgan fingerprint density at radius 3 is 2.45 bits per heavy atom. The van der Waals surface area contributed by atoms with Crippen LogP contribution < -0.4 is 10.6 Å². The van der Waals surface area contributed by atoms with Crippen LogP contribution in [0.3, 0.4) is 0 Å². The van der Waals surface area contributed by atoms with Gasteiger partial charge in [0.05, 0.1) is 0 Å². The highest BCUT2D eigenvalue weighted by Crippen LogP contribution is 2.19. The molecule has 2 amide bonds. The molecular weight excluding hydrogens is 494 g/mol. The molecule has 38 heavy (non-hydrogen) atoms. The van der Waals surface area contributed by atoms with Gasteiger partial charge in [0, 0.05) is 42.7 Å². The highest BCUT2D eigenvalue weighted by atomic mass is 35.5. The van der Waals surface area contributed by atoms with Crippen molar-refractivity contribution in [3.8, 4) is 0 Å². The van der Waals surface area contributed by atoms with Gasteiger partial charge in [-0.25, -0.2) is 0 Å². The third-order valence-corrected chi connectivity index (χ3v) is 7.46. The number of rotatable bonds is 7. The van der Waals surface area contributed by atoms with Gasteiger partial charge < -0.3 is 15.5 Å². The van der Waals surface area contributed by atoms with Crippen molar-refractivity contribution < 1.29 is 9.59 Å². The zero-order valence-corrected chi connectivity index (χ0v) is 22.2. The lowest BCUT2D eigenvalue weighted by molar-refractivity contribution is -0.134. The molecule has 1 aliphatic rings. The van der Waals surface area contributed by atoms with E-state index in [0.717, 1.165) is 17.5 Å². The Labute approximate surface area is 228 Å². The van der Waals surface area contributed by atoms with E-state index in [9.17, 15) is 9.59 Å². The quantitative estimate of drug-likeness (QED) is 0.349. The summed E-state index contributed by atoms with van der Waals surface area (Å²) >= 11 is 6.08. The molecule has 2 atom stereocenters. The molecular formula is C32H32ClN3O2. The minimum Gasteiger partial charge on any atom is -0.340 e. The first-order chi connectivity index (χ1) is 18.5. The number of nitrogens with zero attached hydrogens (tertiary/aromatic N) is 1. The van der Waals surface area contributed by atoms with E-state index in [1.165, 1.54) is 16.3 Å². The van der Waals surface area contributed by atoms with E-state index in [0.29, 0.717) is 36.6 Å². The topological polar surface area (TPSA) is 61.4 Å². The molecule has 5 nitrogen and oxygen atoms in total. The Morgan fingerprint density at radius 1 is 0.947 bits per heavy atom. The van der Waals surface area contributed by atoms with Crippen molar-refractivity contribution in [1.82, 2.24) is 15.5 Å². The van der Waals surface area contributed by atoms with Crippen molar-refractivity contribution in [3.05, 3.63) is 118 Å². The number of carbonyl (C=O) groups is 2. The normalized spacial score (nSPS) is 16.3. The number of aryl methyl sites for hydroxylation is 1. The first-order valence-electron chi connectivity index (χ1n) is 13.1. The molecule has 0 aromatic heterocycles. The molecule has 1 aliphatic heterocycles. The highest BCUT2D eigenvalue weighted by molar-refractivity contribution is 6.30. The third-order valence-electron chi connectivity index (χ3n) is 7.21. The maximum Gasteiger partial charge on any atom is 0.252 e. The van der Waals surface area contributed by atoms with E-state index >= 15 is 0 Å². The van der Waals surface area contributed by atoms with Crippen LogP contribution in [0.1, 0.15) is 27.0 Å². The maximum absolute atomic E-state index is 13.9. The molecule has 6 heteroatoms. The van der Waals surface area contributed by atoms with Crippen LogP contribution in [-0.2, 0) is 17.6 Å². The van der Waals surface area contributed by atoms with Crippen molar-refractivity contribution in [1.29, 1.82) is 0 Å². The predicted molar refractivity (Wildman–Crippen MR) is 154 cm³/mol. The second kappa shape index (κ2) is 11.8. The van der Waals surface area contributed by atoms with Gasteiger partial charge in [-0.15, -0.1) is 0 Å². The molecule has 0 bridgehead atoms. The van der Waals surface area contributed by atoms with E-state index < -0.39 is 6.04 Å². The fraction of sp³-hybridized carbons (Fsp3) is 0.250. The van der Waals surface area contributed by atoms with Crippen molar-refractivity contribution in [2.45, 2.75) is 31.8 Å². The molecule has 1 saturated heterocycles. The summed E-state index contributed by atoms with van der Waals surface area (Å²) in [4.78, 5) is 28.9. The summed E-state index contributed by atoms with van der Waals surface area (Å²) in [6, 6.07) is 29.2. The van der Waals surface area contributed by atoms with Gasteiger partial charge in [-0.3, -0.25) is 9.59 Å². The zero-order chi connectivity index (χ0) is 26.5. The highest BCUT2D eigenvalue weighted by Gasteiger charge is 2.30. The lowest BCUT2D eigenvalue weighted by Gasteiger charge is -2.36. The molecule has 1 heterocycles. The van der Waals surface area contributed by atoms with E-state index in [1.807, 2.05) is 60.4 Å². The number of hydrogen-bond donors (Lipinski definition) is 2. The van der Waals surface area contributed by atoms with Gasteiger partial charge in [-0.05, 0) is 59.0 Å².